The van der Waals surface area contributed by atoms with Gasteiger partial charge in [0.25, 0.3) is 0 Å². The molecule has 1 rings (SSSR count). The fraction of sp³-hybridized carbons (Fsp3) is 1.00. The Bertz CT molecular complexity index is 89.6. The molecule has 1 fully saturated rings. The lowest BCUT2D eigenvalue weighted by molar-refractivity contribution is -1.00. The fourth-order valence-electron chi connectivity index (χ4n) is 1.44. The second-order valence-electron chi connectivity index (χ2n) is 3.18. The average Bonchev–Trinajstić information content (AvgIpc) is 1.95. The highest BCUT2D eigenvalue weighted by Crippen LogP contribution is 1.56. The van der Waals surface area contributed by atoms with Crippen molar-refractivity contribution in [2.24, 2.45) is 0 Å². The van der Waals surface area contributed by atoms with Crippen molar-refractivity contribution in [3.05, 3.63) is 0 Å². The molecular weight excluding hydrogens is 128 g/mol. The Morgan fingerprint density at radius 1 is 1.20 bits per heavy atom. The van der Waals surface area contributed by atoms with Gasteiger partial charge in [-0.05, 0) is 0 Å². The van der Waals surface area contributed by atoms with Gasteiger partial charge in [-0.2, -0.15) is 0 Å². The van der Waals surface area contributed by atoms with Crippen molar-refractivity contribution in [3.8, 4) is 0 Å². The lowest BCUT2D eigenvalue weighted by Gasteiger charge is -2.26. The molecule has 0 aromatic rings. The van der Waals surface area contributed by atoms with Crippen molar-refractivity contribution in [3.63, 3.8) is 0 Å². The average molecular weight is 146 g/mol. The van der Waals surface area contributed by atoms with Crippen molar-refractivity contribution in [1.82, 2.24) is 0 Å². The molecule has 10 heavy (non-hydrogen) atoms. The van der Waals surface area contributed by atoms with Crippen LogP contribution in [0.3, 0.4) is 0 Å². The fourth-order valence-corrected chi connectivity index (χ4v) is 1.44. The third kappa shape index (κ3) is 2.25. The summed E-state index contributed by atoms with van der Waals surface area (Å²) in [7, 11) is 2.23. The lowest BCUT2D eigenvalue weighted by atomic mass is 10.3. The van der Waals surface area contributed by atoms with Crippen LogP contribution in [0.1, 0.15) is 0 Å². The number of hydrogen-bond donors (Lipinski definition) is 3. The minimum atomic E-state index is 0.342. The molecule has 1 aliphatic rings. The summed E-state index contributed by atoms with van der Waals surface area (Å²) in [6.45, 7) is 6.26. The lowest BCUT2D eigenvalue weighted by Crippen LogP contribution is -3.27. The summed E-state index contributed by atoms with van der Waals surface area (Å²) in [6.07, 6.45) is 0. The Morgan fingerprint density at radius 2 is 1.80 bits per heavy atom. The Balaban J connectivity index is 2.13. The number of aliphatic hydroxyl groups is 1. The molecule has 3 heteroatoms. The molecule has 1 aliphatic heterocycles. The molecule has 0 bridgehead atoms. The second kappa shape index (κ2) is 3.91. The van der Waals surface area contributed by atoms with Crippen molar-refractivity contribution in [1.29, 1.82) is 0 Å². The molecule has 0 aromatic heterocycles. The Kier molecular flexibility index (Phi) is 3.12. The first-order chi connectivity index (χ1) is 4.83. The SMILES string of the molecule is C[NH+]1CC[NH+](CCO)CC1. The third-order valence-corrected chi connectivity index (χ3v) is 2.28. The summed E-state index contributed by atoms with van der Waals surface area (Å²) in [5.74, 6) is 0. The van der Waals surface area contributed by atoms with Crippen LogP contribution in [0.5, 0.6) is 0 Å². The quantitative estimate of drug-likeness (QED) is 0.369. The van der Waals surface area contributed by atoms with Crippen LogP contribution in [0.2, 0.25) is 0 Å². The number of aliphatic hydroxyl groups excluding tert-OH is 1. The first-order valence-electron chi connectivity index (χ1n) is 4.08. The van der Waals surface area contributed by atoms with Gasteiger partial charge in [-0.1, -0.05) is 0 Å². The molecule has 3 nitrogen and oxygen atoms in total. The van der Waals surface area contributed by atoms with E-state index in [2.05, 4.69) is 7.05 Å². The van der Waals surface area contributed by atoms with Gasteiger partial charge in [-0.15, -0.1) is 0 Å². The zero-order valence-corrected chi connectivity index (χ0v) is 6.69. The molecule has 0 unspecified atom stereocenters. The van der Waals surface area contributed by atoms with Crippen LogP contribution in [0.25, 0.3) is 0 Å². The summed E-state index contributed by atoms with van der Waals surface area (Å²) in [5.41, 5.74) is 0. The molecule has 1 heterocycles. The second-order valence-corrected chi connectivity index (χ2v) is 3.18. The van der Waals surface area contributed by atoms with Gasteiger partial charge in [-0.3, -0.25) is 0 Å². The Labute approximate surface area is 62.2 Å². The first-order valence-corrected chi connectivity index (χ1v) is 4.08. The molecule has 60 valence electrons. The van der Waals surface area contributed by atoms with Crippen LogP contribution in [-0.4, -0.2) is 51.5 Å². The number of rotatable bonds is 2. The molecule has 3 N–H and O–H groups in total. The highest BCUT2D eigenvalue weighted by atomic mass is 16.3. The molecule has 0 atom stereocenters. The number of piperazine rings is 1. The van der Waals surface area contributed by atoms with Gasteiger partial charge in [0.2, 0.25) is 0 Å². The van der Waals surface area contributed by atoms with E-state index in [1.165, 1.54) is 26.2 Å². The topological polar surface area (TPSA) is 29.1 Å². The van der Waals surface area contributed by atoms with Crippen molar-refractivity contribution >= 4 is 0 Å². The van der Waals surface area contributed by atoms with Crippen molar-refractivity contribution in [2.75, 3.05) is 46.4 Å². The highest BCUT2D eigenvalue weighted by Gasteiger charge is 2.18. The predicted molar refractivity (Wildman–Crippen MR) is 39.3 cm³/mol. The van der Waals surface area contributed by atoms with Crippen LogP contribution in [0.4, 0.5) is 0 Å². The van der Waals surface area contributed by atoms with Crippen LogP contribution < -0.4 is 9.80 Å². The van der Waals surface area contributed by atoms with Gasteiger partial charge in [-0.25, -0.2) is 0 Å². The molecular formula is C7H18N2O+2. The maximum absolute atomic E-state index is 8.66. The molecule has 0 aliphatic carbocycles. The predicted octanol–water partition coefficient (Wildman–Crippen LogP) is -3.61. The molecule has 0 amide bonds. The van der Waals surface area contributed by atoms with E-state index >= 15 is 0 Å². The number of likely N-dealkylation sites (N-methyl/N-ethyl adjacent to an activating group) is 1. The minimum Gasteiger partial charge on any atom is -0.391 e. The third-order valence-electron chi connectivity index (χ3n) is 2.28. The van der Waals surface area contributed by atoms with Crippen LogP contribution in [0.15, 0.2) is 0 Å². The minimum absolute atomic E-state index is 0.342. The van der Waals surface area contributed by atoms with Crippen LogP contribution in [0, 0.1) is 0 Å². The summed E-state index contributed by atoms with van der Waals surface area (Å²) in [6, 6.07) is 0. The maximum atomic E-state index is 8.66. The first kappa shape index (κ1) is 7.98. The van der Waals surface area contributed by atoms with Crippen LogP contribution in [-0.2, 0) is 0 Å². The smallest absolute Gasteiger partial charge is 0.127 e. The molecule has 0 aromatic carbocycles. The van der Waals surface area contributed by atoms with E-state index in [0.29, 0.717) is 6.61 Å². The van der Waals surface area contributed by atoms with E-state index in [1.54, 1.807) is 9.80 Å². The van der Waals surface area contributed by atoms with Crippen molar-refractivity contribution in [2.45, 2.75) is 0 Å². The summed E-state index contributed by atoms with van der Waals surface area (Å²) in [4.78, 5) is 3.19. The van der Waals surface area contributed by atoms with Gasteiger partial charge in [0.1, 0.15) is 32.7 Å². The highest BCUT2D eigenvalue weighted by molar-refractivity contribution is 4.35. The summed E-state index contributed by atoms with van der Waals surface area (Å²) < 4.78 is 0. The van der Waals surface area contributed by atoms with E-state index in [4.69, 9.17) is 5.11 Å². The largest absolute Gasteiger partial charge is 0.391 e. The Hall–Kier alpha value is -0.120. The van der Waals surface area contributed by atoms with Gasteiger partial charge in [0.05, 0.1) is 13.7 Å². The van der Waals surface area contributed by atoms with E-state index in [1.807, 2.05) is 0 Å². The van der Waals surface area contributed by atoms with Crippen molar-refractivity contribution < 1.29 is 14.9 Å². The zero-order chi connectivity index (χ0) is 7.40. The summed E-state index contributed by atoms with van der Waals surface area (Å²) in [5, 5.41) is 8.66. The van der Waals surface area contributed by atoms with E-state index in [0.717, 1.165) is 6.54 Å². The van der Waals surface area contributed by atoms with Crippen LogP contribution >= 0.6 is 0 Å². The van der Waals surface area contributed by atoms with E-state index in [9.17, 15) is 0 Å². The monoisotopic (exact) mass is 146 g/mol. The summed E-state index contributed by atoms with van der Waals surface area (Å²) >= 11 is 0. The van der Waals surface area contributed by atoms with Gasteiger partial charge < -0.3 is 14.9 Å². The van der Waals surface area contributed by atoms with E-state index < -0.39 is 0 Å². The standard InChI is InChI=1S/C7H16N2O/c1-8-2-4-9(5-3-8)6-7-10/h10H,2-7H2,1H3/p+2. The number of hydrogen-bond acceptors (Lipinski definition) is 1. The van der Waals surface area contributed by atoms with Gasteiger partial charge in [0.15, 0.2) is 0 Å². The molecule has 0 radical (unpaired) electrons. The normalized spacial score (nSPS) is 34.2. The van der Waals surface area contributed by atoms with Gasteiger partial charge in [0, 0.05) is 0 Å². The zero-order valence-electron chi connectivity index (χ0n) is 6.69. The molecule has 0 saturated carbocycles. The van der Waals surface area contributed by atoms with E-state index in [-0.39, 0.29) is 0 Å². The number of nitrogens with one attached hydrogen (secondary N) is 2. The molecule has 1 saturated heterocycles. The Morgan fingerprint density at radius 3 is 2.30 bits per heavy atom. The maximum Gasteiger partial charge on any atom is 0.127 e. The van der Waals surface area contributed by atoms with Gasteiger partial charge >= 0.3 is 0 Å². The molecule has 0 spiro atoms. The number of quaternary nitrogens is 2.